The van der Waals surface area contributed by atoms with Crippen molar-refractivity contribution in [3.05, 3.63) is 82.2 Å². The summed E-state index contributed by atoms with van der Waals surface area (Å²) in [6.45, 7) is 20.5. The maximum Gasteiger partial charge on any atom is 0.198 e. The first kappa shape index (κ1) is 33.1. The summed E-state index contributed by atoms with van der Waals surface area (Å²) >= 11 is 3.23. The summed E-state index contributed by atoms with van der Waals surface area (Å²) in [5, 5.41) is 3.88. The standard InChI is InChI=1S/C22H30N2S.C9H8OS.C4H10O.H2/c1-16-13-18(3)25-22(16)21-10-8-9-20(14-21)19(4)23-17(2)15-24-11-6-5-7-12-24;1-6-2-3-7-5-9(10)11-8(7)4-6;1-4(2)5-3;/h8-10,13-14,17,23H,4-7,11-12,15H2,1-3H3;2-4H,5H2,1H3;4H,1-3H3;1H/t17-;;;/m0.../s1. The van der Waals surface area contributed by atoms with Gasteiger partial charge in [0, 0.05) is 47.9 Å². The van der Waals surface area contributed by atoms with Crippen LogP contribution in [-0.4, -0.2) is 48.9 Å². The van der Waals surface area contributed by atoms with Crippen LogP contribution in [0, 0.1) is 20.8 Å². The van der Waals surface area contributed by atoms with Gasteiger partial charge in [0.05, 0.1) is 6.10 Å². The molecule has 41 heavy (non-hydrogen) atoms. The minimum Gasteiger partial charge on any atom is -0.382 e. The Morgan fingerprint density at radius 1 is 1.05 bits per heavy atom. The van der Waals surface area contributed by atoms with Gasteiger partial charge in [-0.15, -0.1) is 11.3 Å². The predicted molar refractivity (Wildman–Crippen MR) is 181 cm³/mol. The molecule has 0 spiro atoms. The van der Waals surface area contributed by atoms with Crippen LogP contribution in [0.1, 0.15) is 68.6 Å². The molecule has 1 fully saturated rings. The van der Waals surface area contributed by atoms with E-state index < -0.39 is 0 Å². The number of thiophene rings is 1. The molecule has 0 saturated carbocycles. The molecule has 1 N–H and O–H groups in total. The Morgan fingerprint density at radius 2 is 1.76 bits per heavy atom. The number of benzene rings is 2. The van der Waals surface area contributed by atoms with Crippen molar-refractivity contribution in [1.82, 2.24) is 10.2 Å². The lowest BCUT2D eigenvalue weighted by Gasteiger charge is -2.30. The lowest BCUT2D eigenvalue weighted by molar-refractivity contribution is -0.110. The Morgan fingerprint density at radius 3 is 2.39 bits per heavy atom. The van der Waals surface area contributed by atoms with Crippen LogP contribution < -0.4 is 5.32 Å². The molecule has 1 aromatic heterocycles. The molecule has 0 aliphatic carbocycles. The molecule has 3 aromatic rings. The molecule has 1 saturated heterocycles. The highest BCUT2D eigenvalue weighted by atomic mass is 32.2. The number of piperidine rings is 1. The van der Waals surface area contributed by atoms with Crippen molar-refractivity contribution in [1.29, 1.82) is 0 Å². The minimum atomic E-state index is 0. The van der Waals surface area contributed by atoms with Crippen LogP contribution in [0.15, 0.2) is 60.0 Å². The maximum atomic E-state index is 11.0. The highest BCUT2D eigenvalue weighted by Gasteiger charge is 2.18. The highest BCUT2D eigenvalue weighted by molar-refractivity contribution is 8.14. The summed E-state index contributed by atoms with van der Waals surface area (Å²) in [4.78, 5) is 17.4. The third-order valence-electron chi connectivity index (χ3n) is 7.17. The van der Waals surface area contributed by atoms with E-state index in [0.717, 1.165) is 17.1 Å². The molecule has 5 rings (SSSR count). The van der Waals surface area contributed by atoms with Crippen molar-refractivity contribution < 1.29 is 11.0 Å². The van der Waals surface area contributed by atoms with Crippen LogP contribution in [0.5, 0.6) is 0 Å². The van der Waals surface area contributed by atoms with E-state index in [0.29, 0.717) is 18.6 Å². The van der Waals surface area contributed by atoms with Gasteiger partial charge in [0.1, 0.15) is 0 Å². The van der Waals surface area contributed by atoms with E-state index >= 15 is 0 Å². The third kappa shape index (κ3) is 10.8. The smallest absolute Gasteiger partial charge is 0.198 e. The van der Waals surface area contributed by atoms with Crippen molar-refractivity contribution >= 4 is 33.9 Å². The van der Waals surface area contributed by atoms with E-state index in [1.807, 2.05) is 38.2 Å². The zero-order chi connectivity index (χ0) is 29.9. The lowest BCUT2D eigenvalue weighted by Crippen LogP contribution is -2.40. The summed E-state index contributed by atoms with van der Waals surface area (Å²) < 4.78 is 4.75. The third-order valence-corrected chi connectivity index (χ3v) is 9.34. The van der Waals surface area contributed by atoms with Gasteiger partial charge in [-0.1, -0.05) is 55.1 Å². The van der Waals surface area contributed by atoms with Gasteiger partial charge in [-0.05, 0) is 113 Å². The molecular weight excluding hydrogens is 545 g/mol. The van der Waals surface area contributed by atoms with Gasteiger partial charge >= 0.3 is 0 Å². The van der Waals surface area contributed by atoms with Crippen molar-refractivity contribution in [3.8, 4) is 10.4 Å². The van der Waals surface area contributed by atoms with Crippen LogP contribution in [0.3, 0.4) is 0 Å². The summed E-state index contributed by atoms with van der Waals surface area (Å²) in [5.41, 5.74) is 7.28. The number of carbonyl (C=O) groups is 1. The zero-order valence-electron chi connectivity index (χ0n) is 26.0. The predicted octanol–water partition coefficient (Wildman–Crippen LogP) is 8.92. The Hall–Kier alpha value is -2.38. The molecule has 0 bridgehead atoms. The lowest BCUT2D eigenvalue weighted by atomic mass is 10.0. The molecule has 3 heterocycles. The van der Waals surface area contributed by atoms with Gasteiger partial charge in [0.15, 0.2) is 5.12 Å². The van der Waals surface area contributed by atoms with E-state index in [4.69, 9.17) is 4.74 Å². The van der Waals surface area contributed by atoms with Crippen molar-refractivity contribution in [2.75, 3.05) is 26.7 Å². The largest absolute Gasteiger partial charge is 0.382 e. The number of fused-ring (bicyclic) bond motifs is 1. The number of rotatable bonds is 7. The number of ether oxygens (including phenoxy) is 1. The Balaban J connectivity index is 0.000000299. The van der Waals surface area contributed by atoms with Crippen molar-refractivity contribution in [2.45, 2.75) is 84.3 Å². The Bertz CT molecular complexity index is 1300. The van der Waals surface area contributed by atoms with Crippen LogP contribution >= 0.6 is 23.1 Å². The molecule has 2 aliphatic rings. The van der Waals surface area contributed by atoms with E-state index in [1.165, 1.54) is 81.7 Å². The molecule has 0 amide bonds. The molecule has 6 heteroatoms. The maximum absolute atomic E-state index is 11.0. The van der Waals surface area contributed by atoms with Gasteiger partial charge in [-0.25, -0.2) is 0 Å². The van der Waals surface area contributed by atoms with E-state index in [2.05, 4.69) is 80.0 Å². The summed E-state index contributed by atoms with van der Waals surface area (Å²) in [7, 11) is 1.70. The number of thioether (sulfide) groups is 1. The fourth-order valence-electron chi connectivity index (χ4n) is 4.95. The number of nitrogens with one attached hydrogen (secondary N) is 1. The van der Waals surface area contributed by atoms with Crippen LogP contribution in [0.4, 0.5) is 0 Å². The minimum absolute atomic E-state index is 0. The van der Waals surface area contributed by atoms with Gasteiger partial charge < -0.3 is 15.0 Å². The zero-order valence-corrected chi connectivity index (χ0v) is 27.6. The molecule has 0 unspecified atom stereocenters. The molecule has 2 aromatic carbocycles. The topological polar surface area (TPSA) is 41.6 Å². The van der Waals surface area contributed by atoms with Crippen molar-refractivity contribution in [3.63, 3.8) is 0 Å². The second kappa shape index (κ2) is 16.3. The van der Waals surface area contributed by atoms with E-state index in [9.17, 15) is 4.79 Å². The molecule has 2 aliphatic heterocycles. The Kier molecular flexibility index (Phi) is 13.2. The molecular formula is C35H50N2O2S2. The van der Waals surface area contributed by atoms with E-state index in [1.54, 1.807) is 7.11 Å². The Labute approximate surface area is 258 Å². The average Bonchev–Trinajstić information content (AvgIpc) is 3.49. The van der Waals surface area contributed by atoms with Crippen LogP contribution in [0.25, 0.3) is 16.1 Å². The number of aryl methyl sites for hydroxylation is 3. The first-order valence-electron chi connectivity index (χ1n) is 14.7. The van der Waals surface area contributed by atoms with E-state index in [-0.39, 0.29) is 6.54 Å². The van der Waals surface area contributed by atoms with Crippen molar-refractivity contribution in [2.24, 2.45) is 0 Å². The van der Waals surface area contributed by atoms with Gasteiger partial charge in [-0.2, -0.15) is 0 Å². The summed E-state index contributed by atoms with van der Waals surface area (Å²) in [6.07, 6.45) is 5.07. The number of methoxy groups -OCH3 is 1. The first-order chi connectivity index (χ1) is 19.5. The number of nitrogens with zero attached hydrogens (tertiary/aromatic N) is 1. The fraction of sp³-hybridized carbons (Fsp3) is 0.457. The normalized spacial score (nSPS) is 15.4. The molecule has 1 atom stereocenters. The quantitative estimate of drug-likeness (QED) is 0.296. The summed E-state index contributed by atoms with van der Waals surface area (Å²) in [6, 6.07) is 17.6. The number of carbonyl (C=O) groups excluding carboxylic acids is 1. The second-order valence-corrected chi connectivity index (χ2v) is 13.7. The van der Waals surface area contributed by atoms with Gasteiger partial charge in [0.25, 0.3) is 0 Å². The number of hydrogen-bond acceptors (Lipinski definition) is 6. The highest BCUT2D eigenvalue weighted by Crippen LogP contribution is 2.34. The fourth-order valence-corrected chi connectivity index (χ4v) is 6.96. The molecule has 0 radical (unpaired) electrons. The van der Waals surface area contributed by atoms with Crippen LogP contribution in [-0.2, 0) is 16.0 Å². The summed E-state index contributed by atoms with van der Waals surface area (Å²) in [5.74, 6) is 0. The average molecular weight is 595 g/mol. The monoisotopic (exact) mass is 594 g/mol. The van der Waals surface area contributed by atoms with Gasteiger partial charge in [0.2, 0.25) is 0 Å². The first-order valence-corrected chi connectivity index (χ1v) is 16.4. The van der Waals surface area contributed by atoms with Crippen LogP contribution in [0.2, 0.25) is 0 Å². The second-order valence-electron chi connectivity index (χ2n) is 11.4. The number of hydrogen-bond donors (Lipinski definition) is 1. The number of likely N-dealkylation sites (tertiary alicyclic amines) is 1. The molecule has 4 nitrogen and oxygen atoms in total. The van der Waals surface area contributed by atoms with Gasteiger partial charge in [-0.3, -0.25) is 4.79 Å². The SMILES string of the molecule is C=C(N[C@@H](C)CN1CCCCC1)c1cccc(-c2sc(C)cc2C)c1.COC(C)C.Cc1ccc2c(c1)SC(=O)C2.[HH]. The molecule has 224 valence electrons.